The summed E-state index contributed by atoms with van der Waals surface area (Å²) in [5, 5.41) is 0. The van der Waals surface area contributed by atoms with Crippen LogP contribution in [0.15, 0.2) is 43.0 Å². The van der Waals surface area contributed by atoms with Crippen LogP contribution in [0.3, 0.4) is 0 Å². The second kappa shape index (κ2) is 6.62. The highest BCUT2D eigenvalue weighted by atomic mass is 14.6. The molecule has 2 N–H and O–H groups in total. The van der Waals surface area contributed by atoms with Gasteiger partial charge in [0.2, 0.25) is 0 Å². The van der Waals surface area contributed by atoms with E-state index in [2.05, 4.69) is 6.58 Å². The van der Waals surface area contributed by atoms with Crippen molar-refractivity contribution >= 4 is 0 Å². The molecule has 1 unspecified atom stereocenters. The van der Waals surface area contributed by atoms with Crippen LogP contribution in [0.2, 0.25) is 0 Å². The Morgan fingerprint density at radius 1 is 1.33 bits per heavy atom. The zero-order chi connectivity index (χ0) is 9.40. The van der Waals surface area contributed by atoms with Crippen molar-refractivity contribution in [3.05, 3.63) is 48.6 Å². The van der Waals surface area contributed by atoms with E-state index in [-0.39, 0.29) is 6.04 Å². The molecule has 0 amide bonds. The number of nitrogens with two attached hydrogens (primary N) is 1. The number of hydrogen-bond acceptors (Lipinski definition) is 1. The van der Waals surface area contributed by atoms with E-state index in [1.165, 1.54) is 5.56 Å². The van der Waals surface area contributed by atoms with E-state index in [0.717, 1.165) is 0 Å². The summed E-state index contributed by atoms with van der Waals surface area (Å²) in [7, 11) is 0. The molecule has 0 saturated heterocycles. The van der Waals surface area contributed by atoms with E-state index in [4.69, 9.17) is 5.73 Å². The van der Waals surface area contributed by atoms with E-state index in [1.54, 1.807) is 6.08 Å². The third kappa shape index (κ3) is 4.69. The summed E-state index contributed by atoms with van der Waals surface area (Å²) in [5.74, 6) is 0. The van der Waals surface area contributed by atoms with Crippen LogP contribution in [0.5, 0.6) is 0 Å². The monoisotopic (exact) mass is 163 g/mol. The largest absolute Gasteiger partial charge is 0.324 e. The Kier molecular flexibility index (Phi) is 6.02. The molecule has 0 aromatic heterocycles. The maximum atomic E-state index is 5.61. The minimum Gasteiger partial charge on any atom is -0.324 e. The topological polar surface area (TPSA) is 26.0 Å². The van der Waals surface area contributed by atoms with Gasteiger partial charge in [0, 0.05) is 6.04 Å². The van der Waals surface area contributed by atoms with Crippen LogP contribution in [0, 0.1) is 0 Å². The molecule has 0 bridgehead atoms. The van der Waals surface area contributed by atoms with Gasteiger partial charge in [-0.15, -0.1) is 6.58 Å². The molecule has 0 saturated carbocycles. The number of rotatable bonds is 1. The molecule has 1 atom stereocenters. The first-order valence-corrected chi connectivity index (χ1v) is 4.10. The zero-order valence-electron chi connectivity index (χ0n) is 7.83. The fraction of sp³-hybridized carbons (Fsp3) is 0.273. The molecule has 0 spiro atoms. The van der Waals surface area contributed by atoms with Gasteiger partial charge in [0.05, 0.1) is 0 Å². The molecular weight excluding hydrogens is 146 g/mol. The molecule has 1 nitrogen and oxygen atoms in total. The van der Waals surface area contributed by atoms with Gasteiger partial charge in [-0.1, -0.05) is 36.4 Å². The Morgan fingerprint density at radius 2 is 1.75 bits per heavy atom. The first-order chi connectivity index (χ1) is 5.72. The van der Waals surface area contributed by atoms with Gasteiger partial charge in [-0.05, 0) is 19.4 Å². The van der Waals surface area contributed by atoms with E-state index in [9.17, 15) is 0 Å². The van der Waals surface area contributed by atoms with Crippen molar-refractivity contribution in [2.24, 2.45) is 5.73 Å². The standard InChI is InChI=1S/C8H11N.C3H6/c1-7(9)8-5-3-2-4-6-8;1-3-2/h2-7H,9H2,1H3;3H,1H2,2H3. The van der Waals surface area contributed by atoms with Gasteiger partial charge in [-0.3, -0.25) is 0 Å². The highest BCUT2D eigenvalue weighted by Gasteiger charge is 1.93. The van der Waals surface area contributed by atoms with Crippen molar-refractivity contribution in [3.63, 3.8) is 0 Å². The molecule has 12 heavy (non-hydrogen) atoms. The number of benzene rings is 1. The summed E-state index contributed by atoms with van der Waals surface area (Å²) in [5.41, 5.74) is 6.81. The van der Waals surface area contributed by atoms with Crippen LogP contribution in [0.4, 0.5) is 0 Å². The smallest absolute Gasteiger partial charge is 0.0266 e. The lowest BCUT2D eigenvalue weighted by Crippen LogP contribution is -2.03. The van der Waals surface area contributed by atoms with Crippen LogP contribution in [-0.4, -0.2) is 0 Å². The van der Waals surface area contributed by atoms with Gasteiger partial charge < -0.3 is 5.73 Å². The van der Waals surface area contributed by atoms with Crippen LogP contribution in [0.25, 0.3) is 0 Å². The van der Waals surface area contributed by atoms with Crippen molar-refractivity contribution in [1.29, 1.82) is 0 Å². The van der Waals surface area contributed by atoms with E-state index in [0.29, 0.717) is 0 Å². The normalized spacial score (nSPS) is 10.9. The van der Waals surface area contributed by atoms with E-state index in [1.807, 2.05) is 44.2 Å². The predicted molar refractivity (Wildman–Crippen MR) is 54.9 cm³/mol. The van der Waals surface area contributed by atoms with E-state index >= 15 is 0 Å². The molecular formula is C11H17N. The quantitative estimate of drug-likeness (QED) is 0.633. The molecule has 0 aliphatic heterocycles. The van der Waals surface area contributed by atoms with Crippen molar-refractivity contribution in [1.82, 2.24) is 0 Å². The lowest BCUT2D eigenvalue weighted by atomic mass is 10.1. The third-order valence-corrected chi connectivity index (χ3v) is 1.33. The Balaban J connectivity index is 0.000000354. The molecule has 0 radical (unpaired) electrons. The summed E-state index contributed by atoms with van der Waals surface area (Å²) in [6.45, 7) is 7.23. The molecule has 66 valence electrons. The highest BCUT2D eigenvalue weighted by molar-refractivity contribution is 5.17. The molecule has 0 heterocycles. The second-order valence-corrected chi connectivity index (χ2v) is 2.61. The summed E-state index contributed by atoms with van der Waals surface area (Å²) in [6.07, 6.45) is 1.75. The van der Waals surface area contributed by atoms with Crippen molar-refractivity contribution in [3.8, 4) is 0 Å². The number of allylic oxidation sites excluding steroid dienone is 1. The van der Waals surface area contributed by atoms with Crippen molar-refractivity contribution in [2.75, 3.05) is 0 Å². The fourth-order valence-electron chi connectivity index (χ4n) is 0.757. The first-order valence-electron chi connectivity index (χ1n) is 4.10. The fourth-order valence-corrected chi connectivity index (χ4v) is 0.757. The molecule has 0 aliphatic carbocycles. The molecule has 0 aliphatic rings. The maximum absolute atomic E-state index is 5.61. The summed E-state index contributed by atoms with van der Waals surface area (Å²) >= 11 is 0. The van der Waals surface area contributed by atoms with Gasteiger partial charge in [0.25, 0.3) is 0 Å². The van der Waals surface area contributed by atoms with Gasteiger partial charge in [-0.2, -0.15) is 0 Å². The van der Waals surface area contributed by atoms with Crippen molar-refractivity contribution in [2.45, 2.75) is 19.9 Å². The Bertz CT molecular complexity index is 202. The average molecular weight is 163 g/mol. The summed E-state index contributed by atoms with van der Waals surface area (Å²) in [4.78, 5) is 0. The maximum Gasteiger partial charge on any atom is 0.0266 e. The molecule has 1 heteroatoms. The van der Waals surface area contributed by atoms with Crippen LogP contribution in [0.1, 0.15) is 25.5 Å². The van der Waals surface area contributed by atoms with Crippen molar-refractivity contribution < 1.29 is 0 Å². The number of hydrogen-bond donors (Lipinski definition) is 1. The van der Waals surface area contributed by atoms with Gasteiger partial charge >= 0.3 is 0 Å². The lowest BCUT2D eigenvalue weighted by molar-refractivity contribution is 0.818. The minimum absolute atomic E-state index is 0.159. The lowest BCUT2D eigenvalue weighted by Gasteiger charge is -2.02. The molecule has 0 fully saturated rings. The summed E-state index contributed by atoms with van der Waals surface area (Å²) < 4.78 is 0. The van der Waals surface area contributed by atoms with E-state index < -0.39 is 0 Å². The average Bonchev–Trinajstić information content (AvgIpc) is 2.07. The molecule has 1 rings (SSSR count). The van der Waals surface area contributed by atoms with Gasteiger partial charge in [-0.25, -0.2) is 0 Å². The minimum atomic E-state index is 0.159. The Hall–Kier alpha value is -1.08. The first kappa shape index (κ1) is 10.9. The third-order valence-electron chi connectivity index (χ3n) is 1.33. The van der Waals surface area contributed by atoms with Gasteiger partial charge in [0.1, 0.15) is 0 Å². The van der Waals surface area contributed by atoms with Crippen LogP contribution < -0.4 is 5.73 Å². The Morgan fingerprint density at radius 3 is 2.00 bits per heavy atom. The SMILES string of the molecule is C=CC.CC(N)c1ccccc1. The summed E-state index contributed by atoms with van der Waals surface area (Å²) in [6, 6.07) is 10.2. The highest BCUT2D eigenvalue weighted by Crippen LogP contribution is 2.06. The predicted octanol–water partition coefficient (Wildman–Crippen LogP) is 2.90. The zero-order valence-corrected chi connectivity index (χ0v) is 7.83. The molecule has 1 aromatic rings. The van der Waals surface area contributed by atoms with Crippen LogP contribution in [-0.2, 0) is 0 Å². The van der Waals surface area contributed by atoms with Crippen LogP contribution >= 0.6 is 0 Å². The Labute approximate surface area is 74.9 Å². The second-order valence-electron chi connectivity index (χ2n) is 2.61. The van der Waals surface area contributed by atoms with Gasteiger partial charge in [0.15, 0.2) is 0 Å². The molecule has 1 aromatic carbocycles.